The molecular formula is C24H20Cl2N6O4. The number of carbonyl (C=O) groups excluding carboxylic acids is 2. The fourth-order valence-electron chi connectivity index (χ4n) is 3.30. The van der Waals surface area contributed by atoms with Gasteiger partial charge in [0.15, 0.2) is 0 Å². The maximum absolute atomic E-state index is 12.9. The molecule has 0 unspecified atom stereocenters. The van der Waals surface area contributed by atoms with Crippen LogP contribution in [-0.4, -0.2) is 45.0 Å². The summed E-state index contributed by atoms with van der Waals surface area (Å²) in [6, 6.07) is 12.9. The van der Waals surface area contributed by atoms with Crippen LogP contribution in [0.5, 0.6) is 0 Å². The first-order chi connectivity index (χ1) is 17.3. The standard InChI is InChI=1S/C24H20Cl2N6O4/c25-16-3-1-2-13(8-16)11-28-21(34)14-4-5-18(26)19(10-14)30-22(35)17-9-15-12-29-24(27-6-7-33)32-20(15)31-23(17)36/h1-5,8-10,12,33H,6-7,11H2,(H,28,34)(H,30,35)(H2,27,29,31,32,36). The number of fused-ring (bicyclic) bond motifs is 1. The van der Waals surface area contributed by atoms with E-state index in [1.807, 2.05) is 6.07 Å². The van der Waals surface area contributed by atoms with Crippen LogP contribution < -0.4 is 21.5 Å². The van der Waals surface area contributed by atoms with Crippen molar-refractivity contribution in [2.45, 2.75) is 6.54 Å². The summed E-state index contributed by atoms with van der Waals surface area (Å²) in [6.45, 7) is 0.397. The quantitative estimate of drug-likeness (QED) is 0.236. The Kier molecular flexibility index (Phi) is 7.79. The van der Waals surface area contributed by atoms with Gasteiger partial charge in [-0.3, -0.25) is 14.4 Å². The van der Waals surface area contributed by atoms with Gasteiger partial charge in [0.25, 0.3) is 17.4 Å². The molecule has 12 heteroatoms. The zero-order valence-electron chi connectivity index (χ0n) is 18.6. The van der Waals surface area contributed by atoms with Gasteiger partial charge in [-0.2, -0.15) is 4.98 Å². The number of hydrogen-bond acceptors (Lipinski definition) is 7. The van der Waals surface area contributed by atoms with Gasteiger partial charge in [0, 0.05) is 35.3 Å². The lowest BCUT2D eigenvalue weighted by Crippen LogP contribution is -2.25. The molecule has 0 spiro atoms. The predicted molar refractivity (Wildman–Crippen MR) is 138 cm³/mol. The Balaban J connectivity index is 1.50. The van der Waals surface area contributed by atoms with Crippen molar-refractivity contribution in [2.24, 2.45) is 0 Å². The molecule has 4 aromatic rings. The normalized spacial score (nSPS) is 10.8. The lowest BCUT2D eigenvalue weighted by atomic mass is 10.1. The summed E-state index contributed by atoms with van der Waals surface area (Å²) in [4.78, 5) is 48.8. The van der Waals surface area contributed by atoms with E-state index in [1.165, 1.54) is 30.5 Å². The van der Waals surface area contributed by atoms with E-state index >= 15 is 0 Å². The lowest BCUT2D eigenvalue weighted by molar-refractivity contribution is 0.0949. The van der Waals surface area contributed by atoms with Crippen LogP contribution in [0.1, 0.15) is 26.3 Å². The maximum atomic E-state index is 12.9. The van der Waals surface area contributed by atoms with Gasteiger partial charge >= 0.3 is 0 Å². The van der Waals surface area contributed by atoms with Crippen molar-refractivity contribution < 1.29 is 14.7 Å². The van der Waals surface area contributed by atoms with Gasteiger partial charge in [-0.05, 0) is 42.0 Å². The first kappa shape index (κ1) is 25.1. The van der Waals surface area contributed by atoms with E-state index in [2.05, 4.69) is 30.9 Å². The average Bonchev–Trinajstić information content (AvgIpc) is 2.86. The van der Waals surface area contributed by atoms with Crippen molar-refractivity contribution in [1.82, 2.24) is 20.3 Å². The smallest absolute Gasteiger partial charge is 0.262 e. The monoisotopic (exact) mass is 526 g/mol. The third-order valence-corrected chi connectivity index (χ3v) is 5.62. The van der Waals surface area contributed by atoms with E-state index in [-0.39, 0.29) is 59.0 Å². The zero-order chi connectivity index (χ0) is 25.7. The fourth-order valence-corrected chi connectivity index (χ4v) is 3.68. The van der Waals surface area contributed by atoms with E-state index in [0.717, 1.165) is 5.56 Å². The Morgan fingerprint density at radius 2 is 1.89 bits per heavy atom. The van der Waals surface area contributed by atoms with Crippen LogP contribution in [0.2, 0.25) is 10.0 Å². The summed E-state index contributed by atoms with van der Waals surface area (Å²) in [5.41, 5.74) is 0.627. The summed E-state index contributed by atoms with van der Waals surface area (Å²) in [7, 11) is 0. The van der Waals surface area contributed by atoms with Crippen molar-refractivity contribution in [3.05, 3.63) is 91.8 Å². The largest absolute Gasteiger partial charge is 0.395 e. The third kappa shape index (κ3) is 5.98. The van der Waals surface area contributed by atoms with E-state index in [0.29, 0.717) is 10.4 Å². The molecule has 4 rings (SSSR count). The second kappa shape index (κ2) is 11.2. The minimum Gasteiger partial charge on any atom is -0.395 e. The minimum atomic E-state index is -0.723. The summed E-state index contributed by atoms with van der Waals surface area (Å²) in [5, 5.41) is 18.2. The molecule has 2 aromatic heterocycles. The topological polar surface area (TPSA) is 149 Å². The van der Waals surface area contributed by atoms with Crippen LogP contribution in [-0.2, 0) is 6.54 Å². The molecule has 2 heterocycles. The first-order valence-corrected chi connectivity index (χ1v) is 11.5. The number of aromatic amines is 1. The Morgan fingerprint density at radius 1 is 1.06 bits per heavy atom. The molecule has 0 bridgehead atoms. The molecule has 0 aliphatic heterocycles. The van der Waals surface area contributed by atoms with E-state index in [9.17, 15) is 14.4 Å². The number of aliphatic hydroxyl groups excluding tert-OH is 1. The van der Waals surface area contributed by atoms with Crippen molar-refractivity contribution in [2.75, 3.05) is 23.8 Å². The number of rotatable bonds is 8. The molecule has 0 saturated heterocycles. The van der Waals surface area contributed by atoms with Crippen LogP contribution in [0.15, 0.2) is 59.5 Å². The van der Waals surface area contributed by atoms with Crippen LogP contribution >= 0.6 is 23.2 Å². The van der Waals surface area contributed by atoms with Gasteiger partial charge in [-0.25, -0.2) is 4.98 Å². The van der Waals surface area contributed by atoms with Crippen LogP contribution in [0.4, 0.5) is 11.6 Å². The van der Waals surface area contributed by atoms with Gasteiger partial charge in [0.1, 0.15) is 11.2 Å². The number of aliphatic hydroxyl groups is 1. The second-order valence-corrected chi connectivity index (χ2v) is 8.47. The van der Waals surface area contributed by atoms with Gasteiger partial charge < -0.3 is 26.0 Å². The molecule has 0 aliphatic carbocycles. The van der Waals surface area contributed by atoms with Crippen molar-refractivity contribution in [3.63, 3.8) is 0 Å². The molecule has 0 radical (unpaired) electrons. The first-order valence-electron chi connectivity index (χ1n) is 10.7. The second-order valence-electron chi connectivity index (χ2n) is 7.62. The van der Waals surface area contributed by atoms with Crippen LogP contribution in [0.25, 0.3) is 11.0 Å². The Morgan fingerprint density at radius 3 is 2.67 bits per heavy atom. The number of nitrogens with zero attached hydrogens (tertiary/aromatic N) is 2. The number of anilines is 2. The molecule has 2 aromatic carbocycles. The van der Waals surface area contributed by atoms with Gasteiger partial charge in [0.05, 0.1) is 17.3 Å². The highest BCUT2D eigenvalue weighted by Gasteiger charge is 2.16. The van der Waals surface area contributed by atoms with Gasteiger partial charge in [-0.15, -0.1) is 0 Å². The average molecular weight is 527 g/mol. The fraction of sp³-hybridized carbons (Fsp3) is 0.125. The molecule has 0 saturated carbocycles. The Hall–Kier alpha value is -3.99. The van der Waals surface area contributed by atoms with E-state index in [4.69, 9.17) is 28.3 Å². The summed E-state index contributed by atoms with van der Waals surface area (Å²) in [5.74, 6) is -0.880. The Labute approximate surface area is 214 Å². The Bertz CT molecular complexity index is 1510. The number of H-pyrrole nitrogens is 1. The van der Waals surface area contributed by atoms with Crippen molar-refractivity contribution in [3.8, 4) is 0 Å². The lowest BCUT2D eigenvalue weighted by Gasteiger charge is -2.11. The number of benzene rings is 2. The molecule has 0 atom stereocenters. The predicted octanol–water partition coefficient (Wildman–Crippen LogP) is 3.21. The number of halogens is 2. The van der Waals surface area contributed by atoms with E-state index in [1.54, 1.807) is 18.2 Å². The number of amides is 2. The molecule has 184 valence electrons. The zero-order valence-corrected chi connectivity index (χ0v) is 20.2. The number of nitrogens with one attached hydrogen (secondary N) is 4. The highest BCUT2D eigenvalue weighted by atomic mass is 35.5. The summed E-state index contributed by atoms with van der Waals surface area (Å²) in [6.07, 6.45) is 1.44. The van der Waals surface area contributed by atoms with Crippen LogP contribution in [0, 0.1) is 0 Å². The molecule has 0 fully saturated rings. The molecule has 36 heavy (non-hydrogen) atoms. The highest BCUT2D eigenvalue weighted by molar-refractivity contribution is 6.34. The highest BCUT2D eigenvalue weighted by Crippen LogP contribution is 2.24. The molecule has 5 N–H and O–H groups in total. The number of hydrogen-bond donors (Lipinski definition) is 5. The molecular weight excluding hydrogens is 507 g/mol. The number of pyridine rings is 1. The van der Waals surface area contributed by atoms with Gasteiger partial charge in [0.2, 0.25) is 5.95 Å². The van der Waals surface area contributed by atoms with E-state index < -0.39 is 11.5 Å². The molecule has 2 amide bonds. The third-order valence-electron chi connectivity index (χ3n) is 5.05. The SMILES string of the molecule is O=C(NCc1cccc(Cl)c1)c1ccc(Cl)c(NC(=O)c2cc3cnc(NCCO)nc3[nH]c2=O)c1. The molecule has 0 aliphatic rings. The number of carbonyl (C=O) groups is 2. The summed E-state index contributed by atoms with van der Waals surface area (Å²) < 4.78 is 0. The molecule has 10 nitrogen and oxygen atoms in total. The van der Waals surface area contributed by atoms with Gasteiger partial charge in [-0.1, -0.05) is 35.3 Å². The number of aromatic nitrogens is 3. The van der Waals surface area contributed by atoms with Crippen molar-refractivity contribution in [1.29, 1.82) is 0 Å². The van der Waals surface area contributed by atoms with Crippen LogP contribution in [0.3, 0.4) is 0 Å². The minimum absolute atomic E-state index is 0.107. The maximum Gasteiger partial charge on any atom is 0.262 e. The van der Waals surface area contributed by atoms with Crippen molar-refractivity contribution >= 4 is 57.7 Å². The summed E-state index contributed by atoms with van der Waals surface area (Å²) >= 11 is 12.2.